The zero-order chi connectivity index (χ0) is 19.9. The molecule has 0 fully saturated rings. The van der Waals surface area contributed by atoms with Gasteiger partial charge in [0.15, 0.2) is 6.61 Å². The molecule has 0 radical (unpaired) electrons. The standard InChI is InChI=1S/C18H15F4N3O2/c19-14-3-1-12(2-4-14)7-8-24-17(26)25-15-5-6-16(13(9-15)10-23)27-11-18(20,21)22/h1-6,9H,7-8,11H2,(H2,24,25,26). The Labute approximate surface area is 152 Å². The van der Waals surface area contributed by atoms with E-state index in [-0.39, 0.29) is 29.4 Å². The van der Waals surface area contributed by atoms with Crippen LogP contribution < -0.4 is 15.4 Å². The molecule has 9 heteroatoms. The fourth-order valence-electron chi connectivity index (χ4n) is 2.13. The molecular weight excluding hydrogens is 366 g/mol. The van der Waals surface area contributed by atoms with E-state index in [0.29, 0.717) is 6.42 Å². The average molecular weight is 381 g/mol. The normalized spacial score (nSPS) is 10.8. The first-order valence-electron chi connectivity index (χ1n) is 7.80. The van der Waals surface area contributed by atoms with Gasteiger partial charge in [-0.05, 0) is 42.3 Å². The smallest absolute Gasteiger partial charge is 0.422 e. The molecule has 0 atom stereocenters. The van der Waals surface area contributed by atoms with Crippen LogP contribution in [0.3, 0.4) is 0 Å². The number of halogens is 4. The lowest BCUT2D eigenvalue weighted by atomic mass is 10.1. The van der Waals surface area contributed by atoms with Gasteiger partial charge in [0.25, 0.3) is 0 Å². The SMILES string of the molecule is N#Cc1cc(NC(=O)NCCc2ccc(F)cc2)ccc1OCC(F)(F)F. The number of nitriles is 1. The molecule has 0 aliphatic carbocycles. The van der Waals surface area contributed by atoms with Crippen molar-refractivity contribution in [2.75, 3.05) is 18.5 Å². The summed E-state index contributed by atoms with van der Waals surface area (Å²) in [5, 5.41) is 14.1. The van der Waals surface area contributed by atoms with Crippen LogP contribution in [0.4, 0.5) is 28.0 Å². The van der Waals surface area contributed by atoms with Crippen molar-refractivity contribution >= 4 is 11.7 Å². The maximum atomic E-state index is 12.8. The Morgan fingerprint density at radius 3 is 2.48 bits per heavy atom. The van der Waals surface area contributed by atoms with Gasteiger partial charge in [0.1, 0.15) is 17.6 Å². The van der Waals surface area contributed by atoms with Crippen LogP contribution >= 0.6 is 0 Å². The molecule has 2 N–H and O–H groups in total. The molecule has 27 heavy (non-hydrogen) atoms. The van der Waals surface area contributed by atoms with E-state index in [4.69, 9.17) is 5.26 Å². The van der Waals surface area contributed by atoms with Gasteiger partial charge in [-0.15, -0.1) is 0 Å². The lowest BCUT2D eigenvalue weighted by Gasteiger charge is -2.12. The predicted octanol–water partition coefficient (Wildman–Crippen LogP) is 4.00. The second-order valence-corrected chi connectivity index (χ2v) is 5.48. The van der Waals surface area contributed by atoms with Gasteiger partial charge in [-0.25, -0.2) is 9.18 Å². The van der Waals surface area contributed by atoms with Crippen LogP contribution in [0.25, 0.3) is 0 Å². The fourth-order valence-corrected chi connectivity index (χ4v) is 2.13. The summed E-state index contributed by atoms with van der Waals surface area (Å²) >= 11 is 0. The maximum Gasteiger partial charge on any atom is 0.422 e. The molecule has 0 bridgehead atoms. The van der Waals surface area contributed by atoms with Gasteiger partial charge in [-0.3, -0.25) is 0 Å². The maximum absolute atomic E-state index is 12.8. The van der Waals surface area contributed by atoms with Gasteiger partial charge in [-0.1, -0.05) is 12.1 Å². The fraction of sp³-hybridized carbons (Fsp3) is 0.222. The molecule has 0 unspecified atom stereocenters. The topological polar surface area (TPSA) is 74.2 Å². The molecule has 0 aliphatic rings. The number of hydrogen-bond donors (Lipinski definition) is 2. The molecule has 0 heterocycles. The summed E-state index contributed by atoms with van der Waals surface area (Å²) < 4.78 is 54.0. The van der Waals surface area contributed by atoms with E-state index in [0.717, 1.165) is 5.56 Å². The van der Waals surface area contributed by atoms with E-state index in [1.807, 2.05) is 0 Å². The van der Waals surface area contributed by atoms with Crippen LogP contribution in [0.15, 0.2) is 42.5 Å². The zero-order valence-corrected chi connectivity index (χ0v) is 13.9. The molecule has 0 saturated heterocycles. The van der Waals surface area contributed by atoms with Crippen molar-refractivity contribution in [3.8, 4) is 11.8 Å². The molecular formula is C18H15F4N3O2. The summed E-state index contributed by atoms with van der Waals surface area (Å²) in [4.78, 5) is 11.9. The first-order chi connectivity index (χ1) is 12.8. The van der Waals surface area contributed by atoms with Crippen LogP contribution in [-0.4, -0.2) is 25.4 Å². The van der Waals surface area contributed by atoms with Crippen molar-refractivity contribution in [2.45, 2.75) is 12.6 Å². The molecule has 0 aliphatic heterocycles. The summed E-state index contributed by atoms with van der Waals surface area (Å²) in [6.45, 7) is -1.23. The highest BCUT2D eigenvalue weighted by molar-refractivity contribution is 5.89. The highest BCUT2D eigenvalue weighted by Crippen LogP contribution is 2.24. The Morgan fingerprint density at radius 1 is 1.15 bits per heavy atom. The van der Waals surface area contributed by atoms with Crippen LogP contribution in [0.1, 0.15) is 11.1 Å². The molecule has 2 rings (SSSR count). The van der Waals surface area contributed by atoms with Crippen molar-refractivity contribution < 1.29 is 27.1 Å². The molecule has 0 saturated carbocycles. The number of nitrogens with zero attached hydrogens (tertiary/aromatic N) is 1. The summed E-state index contributed by atoms with van der Waals surface area (Å²) in [5.41, 5.74) is 0.934. The number of rotatable bonds is 6. The minimum Gasteiger partial charge on any atom is -0.483 e. The Bertz CT molecular complexity index is 830. The molecule has 0 aromatic heterocycles. The van der Waals surface area contributed by atoms with E-state index in [1.54, 1.807) is 18.2 Å². The third-order valence-electron chi connectivity index (χ3n) is 3.36. The van der Waals surface area contributed by atoms with Crippen LogP contribution in [0.5, 0.6) is 5.75 Å². The largest absolute Gasteiger partial charge is 0.483 e. The lowest BCUT2D eigenvalue weighted by molar-refractivity contribution is -0.153. The van der Waals surface area contributed by atoms with Crippen LogP contribution in [0, 0.1) is 17.1 Å². The number of carbonyl (C=O) groups is 1. The lowest BCUT2D eigenvalue weighted by Crippen LogP contribution is -2.30. The van der Waals surface area contributed by atoms with E-state index in [1.165, 1.54) is 30.3 Å². The Morgan fingerprint density at radius 2 is 1.85 bits per heavy atom. The Balaban J connectivity index is 1.87. The van der Waals surface area contributed by atoms with Gasteiger partial charge in [0.05, 0.1) is 5.56 Å². The average Bonchev–Trinajstić information content (AvgIpc) is 2.61. The number of ether oxygens (including phenoxy) is 1. The van der Waals surface area contributed by atoms with E-state index >= 15 is 0 Å². The summed E-state index contributed by atoms with van der Waals surface area (Å²) in [6.07, 6.45) is -4.03. The van der Waals surface area contributed by atoms with Crippen LogP contribution in [-0.2, 0) is 6.42 Å². The quantitative estimate of drug-likeness (QED) is 0.743. The number of alkyl halides is 3. The highest BCUT2D eigenvalue weighted by Gasteiger charge is 2.28. The Hall–Kier alpha value is -3.28. The second-order valence-electron chi connectivity index (χ2n) is 5.48. The number of carbonyl (C=O) groups excluding carboxylic acids is 1. The number of amides is 2. The third kappa shape index (κ3) is 6.86. The van der Waals surface area contributed by atoms with Crippen molar-refractivity contribution in [2.24, 2.45) is 0 Å². The number of hydrogen-bond acceptors (Lipinski definition) is 3. The summed E-state index contributed by atoms with van der Waals surface area (Å²) in [7, 11) is 0. The van der Waals surface area contributed by atoms with Crippen molar-refractivity contribution in [3.63, 3.8) is 0 Å². The molecule has 2 amide bonds. The van der Waals surface area contributed by atoms with Crippen molar-refractivity contribution in [1.82, 2.24) is 5.32 Å². The van der Waals surface area contributed by atoms with Crippen molar-refractivity contribution in [1.29, 1.82) is 5.26 Å². The summed E-state index contributed by atoms with van der Waals surface area (Å²) in [6, 6.07) is 10.7. The molecule has 2 aromatic rings. The summed E-state index contributed by atoms with van der Waals surface area (Å²) in [5.74, 6) is -0.572. The van der Waals surface area contributed by atoms with E-state index in [2.05, 4.69) is 15.4 Å². The first kappa shape index (κ1) is 20.0. The van der Waals surface area contributed by atoms with Gasteiger partial charge < -0.3 is 15.4 Å². The number of nitrogens with one attached hydrogen (secondary N) is 2. The minimum absolute atomic E-state index is 0.136. The molecule has 2 aromatic carbocycles. The van der Waals surface area contributed by atoms with E-state index < -0.39 is 18.8 Å². The van der Waals surface area contributed by atoms with Gasteiger partial charge in [0, 0.05) is 12.2 Å². The van der Waals surface area contributed by atoms with Gasteiger partial charge in [0.2, 0.25) is 0 Å². The third-order valence-corrected chi connectivity index (χ3v) is 3.36. The highest BCUT2D eigenvalue weighted by atomic mass is 19.4. The van der Waals surface area contributed by atoms with Crippen molar-refractivity contribution in [3.05, 3.63) is 59.4 Å². The Kier molecular flexibility index (Phi) is 6.60. The first-order valence-corrected chi connectivity index (χ1v) is 7.80. The van der Waals surface area contributed by atoms with E-state index in [9.17, 15) is 22.4 Å². The number of benzene rings is 2. The minimum atomic E-state index is -4.52. The second kappa shape index (κ2) is 8.89. The molecule has 0 spiro atoms. The zero-order valence-electron chi connectivity index (χ0n) is 13.9. The monoisotopic (exact) mass is 381 g/mol. The number of urea groups is 1. The predicted molar refractivity (Wildman–Crippen MR) is 89.8 cm³/mol. The molecule has 142 valence electrons. The van der Waals surface area contributed by atoms with Crippen LogP contribution in [0.2, 0.25) is 0 Å². The number of anilines is 1. The molecule has 5 nitrogen and oxygen atoms in total. The van der Waals surface area contributed by atoms with Gasteiger partial charge in [-0.2, -0.15) is 18.4 Å². The van der Waals surface area contributed by atoms with Gasteiger partial charge >= 0.3 is 12.2 Å².